The van der Waals surface area contributed by atoms with Crippen LogP contribution in [0.4, 0.5) is 25.0 Å². The van der Waals surface area contributed by atoms with E-state index in [1.807, 2.05) is 55.5 Å². The molecule has 3 aromatic carbocycles. The molecule has 2 aliphatic heterocycles. The van der Waals surface area contributed by atoms with Crippen LogP contribution < -0.4 is 84.2 Å². The summed E-state index contributed by atoms with van der Waals surface area (Å²) in [5.41, 5.74) is 1.45. The molecule has 0 amide bonds. The second kappa shape index (κ2) is 26.9. The maximum Gasteiger partial charge on any atom is 1.00 e. The summed E-state index contributed by atoms with van der Waals surface area (Å²) >= 11 is 0. The van der Waals surface area contributed by atoms with E-state index in [4.69, 9.17) is 23.7 Å². The van der Waals surface area contributed by atoms with Crippen molar-refractivity contribution >= 4 is 31.8 Å². The van der Waals surface area contributed by atoms with Crippen molar-refractivity contribution in [1.29, 1.82) is 0 Å². The molecule has 7 rings (SSSR count). The first-order valence-electron chi connectivity index (χ1n) is 21.6. The zero-order chi connectivity index (χ0) is 47.7. The van der Waals surface area contributed by atoms with E-state index in [0.717, 1.165) is 43.6 Å². The number of benzene rings is 3. The van der Waals surface area contributed by atoms with Crippen LogP contribution in [0, 0.1) is 17.6 Å². The molecule has 0 radical (unpaired) electrons. The van der Waals surface area contributed by atoms with E-state index in [1.54, 1.807) is 11.6 Å². The first-order chi connectivity index (χ1) is 32.2. The summed E-state index contributed by atoms with van der Waals surface area (Å²) < 4.78 is 76.0. The summed E-state index contributed by atoms with van der Waals surface area (Å²) in [7, 11) is -1.64. The third-order valence-corrected chi connectivity index (χ3v) is 11.9. The fourth-order valence-corrected chi connectivity index (χ4v) is 8.57. The van der Waals surface area contributed by atoms with Crippen molar-refractivity contribution < 1.29 is 121 Å². The SMILES string of the molecule is CC[C@@H]([C@H](C)OC(=O)OC(C)OC(=O)CN(C)CO[P+](=O)[O-])n1ncn(-c2ccc(N3CCN(c4ccc(OC[C@@H]5CO[C@@](Cn6cncn6)(c6ccc(F)cc6F)C5)cc4)CC3)cc2)c1=O.[Na+].[Na+].[OH-]. The predicted molar refractivity (Wildman–Crippen MR) is 236 cm³/mol. The van der Waals surface area contributed by atoms with Gasteiger partial charge in [0.2, 0.25) is 6.29 Å². The Morgan fingerprint density at radius 1 is 0.929 bits per heavy atom. The molecule has 2 aliphatic rings. The molecule has 2 fully saturated rings. The van der Waals surface area contributed by atoms with Crippen molar-refractivity contribution in [3.8, 4) is 11.4 Å². The van der Waals surface area contributed by atoms with Crippen molar-refractivity contribution in [2.24, 2.45) is 5.92 Å². The molecule has 366 valence electrons. The number of aromatic nitrogens is 6. The van der Waals surface area contributed by atoms with Gasteiger partial charge in [0, 0.05) is 62.0 Å². The average Bonchev–Trinajstić information content (AvgIpc) is 4.06. The third-order valence-electron chi connectivity index (χ3n) is 11.6. The van der Waals surface area contributed by atoms with Crippen molar-refractivity contribution in [3.05, 3.63) is 113 Å². The van der Waals surface area contributed by atoms with Gasteiger partial charge in [0.1, 0.15) is 48.1 Å². The summed E-state index contributed by atoms with van der Waals surface area (Å²) in [4.78, 5) is 58.6. The van der Waals surface area contributed by atoms with Crippen molar-refractivity contribution in [3.63, 3.8) is 0 Å². The summed E-state index contributed by atoms with van der Waals surface area (Å²) in [6.07, 6.45) is 1.89. The van der Waals surface area contributed by atoms with Gasteiger partial charge in [-0.15, -0.1) is 4.52 Å². The first-order valence-corrected chi connectivity index (χ1v) is 22.7. The van der Waals surface area contributed by atoms with Crippen LogP contribution in [0.25, 0.3) is 5.69 Å². The van der Waals surface area contributed by atoms with Crippen molar-refractivity contribution in [2.45, 2.75) is 64.2 Å². The number of anilines is 2. The minimum Gasteiger partial charge on any atom is -0.870 e. The van der Waals surface area contributed by atoms with Gasteiger partial charge in [-0.25, -0.2) is 37.3 Å². The number of carbonyl (C=O) groups is 2. The van der Waals surface area contributed by atoms with Crippen molar-refractivity contribution in [1.82, 2.24) is 34.0 Å². The molecule has 4 heterocycles. The molecule has 2 aromatic heterocycles. The Balaban J connectivity index is 0.00000355. The molecule has 0 aliphatic carbocycles. The zero-order valence-electron chi connectivity index (χ0n) is 39.8. The molecular formula is C44H53F2N9Na2O12P+. The monoisotopic (exact) mass is 1010 g/mol. The second-order valence-electron chi connectivity index (χ2n) is 16.3. The fourth-order valence-electron chi connectivity index (χ4n) is 8.28. The second-order valence-corrected chi connectivity index (χ2v) is 17.0. The van der Waals surface area contributed by atoms with Gasteiger partial charge in [0.15, 0.2) is 6.73 Å². The van der Waals surface area contributed by atoms with E-state index < -0.39 is 61.7 Å². The molecule has 26 heteroatoms. The van der Waals surface area contributed by atoms with Gasteiger partial charge in [-0.3, -0.25) is 9.69 Å². The molecule has 0 spiro atoms. The Bertz CT molecular complexity index is 2520. The van der Waals surface area contributed by atoms with E-state index >= 15 is 4.39 Å². The van der Waals surface area contributed by atoms with Gasteiger partial charge in [-0.1, -0.05) is 13.0 Å². The number of likely N-dealkylation sites (N-methyl/N-ethyl adjacent to an activating group) is 1. The summed E-state index contributed by atoms with van der Waals surface area (Å²) in [6.45, 7) is 8.03. The number of halogens is 2. The minimum absolute atomic E-state index is 0. The smallest absolute Gasteiger partial charge is 0.870 e. The summed E-state index contributed by atoms with van der Waals surface area (Å²) in [5.74, 6) is -1.48. The van der Waals surface area contributed by atoms with Crippen LogP contribution in [0.15, 0.2) is 90.5 Å². The van der Waals surface area contributed by atoms with Gasteiger partial charge in [-0.2, -0.15) is 10.2 Å². The van der Waals surface area contributed by atoms with Crippen LogP contribution in [-0.4, -0.2) is 124 Å². The number of nitrogens with zero attached hydrogens (tertiary/aromatic N) is 9. The number of hydrogen-bond acceptors (Lipinski definition) is 18. The Hall–Kier alpha value is -4.36. The molecule has 70 heavy (non-hydrogen) atoms. The van der Waals surface area contributed by atoms with E-state index in [1.165, 1.54) is 59.2 Å². The van der Waals surface area contributed by atoms with Gasteiger partial charge in [0.25, 0.3) is 0 Å². The Kier molecular flexibility index (Phi) is 22.4. The largest absolute Gasteiger partial charge is 1.00 e. The minimum atomic E-state index is -3.08. The van der Waals surface area contributed by atoms with Gasteiger partial charge in [-0.05, 0) is 86.0 Å². The zero-order valence-corrected chi connectivity index (χ0v) is 44.7. The quantitative estimate of drug-likeness (QED) is 0.0368. The fraction of sp³-hybridized carbons (Fsp3) is 0.455. The van der Waals surface area contributed by atoms with Crippen LogP contribution in [0.5, 0.6) is 5.75 Å². The van der Waals surface area contributed by atoms with E-state index in [-0.39, 0.29) is 95.9 Å². The standard InChI is InChI=1S/C44H52F2N9O11P.2Na.H2O/c1-5-40(30(2)64-43(58)66-31(3)65-41(56)22-50(4)29-63-67(59)60)55-42(57)54(28-49-55)36-9-7-34(8-10-36)51-16-18-52(19-17-51)35-11-13-37(14-12-35)61-23-32-21-44(62-24-32,25-53-27-47-26-48-53)38-15-6-33(45)20-39(38)46;;;/h6-15,20,26-28,30-32,40H,5,16-19,21-25,29H2,1-4H3;;;1H2/q;2*+1;/p-1/t30-,31?,32+,40-,44-;;;/m0.../s1. The van der Waals surface area contributed by atoms with Crippen LogP contribution >= 0.6 is 8.25 Å². The van der Waals surface area contributed by atoms with Crippen LogP contribution in [0.3, 0.4) is 0 Å². The first kappa shape index (κ1) is 58.2. The predicted octanol–water partition coefficient (Wildman–Crippen LogP) is -1.62. The molecular weight excluding hydrogens is 961 g/mol. The van der Waals surface area contributed by atoms with Gasteiger partial charge >= 0.3 is 85.2 Å². The normalized spacial score (nSPS) is 18.1. The molecule has 0 bridgehead atoms. The molecule has 6 atom stereocenters. The number of rotatable bonds is 20. The van der Waals surface area contributed by atoms with Crippen molar-refractivity contribution in [2.75, 3.05) is 69.5 Å². The molecule has 1 N–H and O–H groups in total. The number of carbonyl (C=O) groups excluding carboxylic acids is 2. The van der Waals surface area contributed by atoms with E-state index in [2.05, 4.69) is 29.5 Å². The maximum absolute atomic E-state index is 15.0. The van der Waals surface area contributed by atoms with Gasteiger partial charge in [0.05, 0.1) is 38.0 Å². The Morgan fingerprint density at radius 3 is 2.17 bits per heavy atom. The maximum atomic E-state index is 15.0. The molecule has 5 aromatic rings. The number of ether oxygens (including phenoxy) is 5. The van der Waals surface area contributed by atoms with Crippen LogP contribution in [-0.2, 0) is 45.0 Å². The van der Waals surface area contributed by atoms with E-state index in [9.17, 15) is 28.2 Å². The average molecular weight is 1010 g/mol. The van der Waals surface area contributed by atoms with Gasteiger partial charge < -0.3 is 43.9 Å². The third kappa shape index (κ3) is 15.1. The number of esters is 1. The number of piperazine rings is 1. The van der Waals surface area contributed by atoms with E-state index in [0.29, 0.717) is 37.5 Å². The Morgan fingerprint density at radius 2 is 1.57 bits per heavy atom. The molecule has 2 unspecified atom stereocenters. The van der Waals surface area contributed by atoms with Crippen LogP contribution in [0.2, 0.25) is 0 Å². The molecule has 21 nitrogen and oxygen atoms in total. The molecule has 0 saturated carbocycles. The topological polar surface area (TPSA) is 240 Å². The van der Waals surface area contributed by atoms with Crippen LogP contribution in [0.1, 0.15) is 45.2 Å². The summed E-state index contributed by atoms with van der Waals surface area (Å²) in [5, 5.41) is 8.50. The molecule has 2 saturated heterocycles. The summed E-state index contributed by atoms with van der Waals surface area (Å²) in [6, 6.07) is 18.4. The Labute approximate surface area is 447 Å². The number of hydrogen-bond donors (Lipinski definition) is 0.